The molecule has 0 saturated heterocycles. The highest BCUT2D eigenvalue weighted by Gasteiger charge is 2.02. The molecule has 0 aliphatic rings. The SMILES string of the molecule is Cc1ccc(-c2ccc(C)c(C)c2)cc1C.Cc1ccc(Oc2ccc(C)c(C)c2)cc1C. The molecule has 0 aliphatic heterocycles. The molecule has 0 bridgehead atoms. The van der Waals surface area contributed by atoms with Gasteiger partial charge in [0, 0.05) is 0 Å². The van der Waals surface area contributed by atoms with E-state index in [0.717, 1.165) is 11.5 Å². The molecule has 0 heterocycles. The summed E-state index contributed by atoms with van der Waals surface area (Å²) in [5, 5.41) is 0. The van der Waals surface area contributed by atoms with Crippen molar-refractivity contribution in [1.29, 1.82) is 0 Å². The monoisotopic (exact) mass is 436 g/mol. The van der Waals surface area contributed by atoms with E-state index in [2.05, 4.69) is 116 Å². The number of rotatable bonds is 3. The zero-order valence-corrected chi connectivity index (χ0v) is 21.3. The number of hydrogen-bond acceptors (Lipinski definition) is 1. The predicted octanol–water partition coefficient (Wildman–Crippen LogP) is 9.30. The zero-order chi connectivity index (χ0) is 24.1. The average Bonchev–Trinajstić information content (AvgIpc) is 2.78. The Bertz CT molecular complexity index is 1160. The summed E-state index contributed by atoms with van der Waals surface area (Å²) < 4.78 is 5.85. The van der Waals surface area contributed by atoms with Gasteiger partial charge in [-0.05, 0) is 135 Å². The van der Waals surface area contributed by atoms with Gasteiger partial charge in [0.1, 0.15) is 11.5 Å². The fraction of sp³-hybridized carbons (Fsp3) is 0.250. The lowest BCUT2D eigenvalue weighted by Crippen LogP contribution is -1.88. The van der Waals surface area contributed by atoms with Crippen LogP contribution in [0.4, 0.5) is 0 Å². The fourth-order valence-electron chi connectivity index (χ4n) is 3.53. The van der Waals surface area contributed by atoms with Crippen LogP contribution in [0.25, 0.3) is 11.1 Å². The van der Waals surface area contributed by atoms with Crippen LogP contribution >= 0.6 is 0 Å². The lowest BCUT2D eigenvalue weighted by atomic mass is 9.98. The molecule has 0 aliphatic carbocycles. The highest BCUT2D eigenvalue weighted by molar-refractivity contribution is 5.66. The maximum absolute atomic E-state index is 5.85. The topological polar surface area (TPSA) is 9.23 Å². The van der Waals surface area contributed by atoms with Crippen LogP contribution in [-0.2, 0) is 0 Å². The molecule has 0 radical (unpaired) electrons. The normalized spacial score (nSPS) is 10.4. The Kier molecular flexibility index (Phi) is 7.76. The van der Waals surface area contributed by atoms with E-state index in [0.29, 0.717) is 0 Å². The van der Waals surface area contributed by atoms with Gasteiger partial charge in [0.2, 0.25) is 0 Å². The van der Waals surface area contributed by atoms with Gasteiger partial charge in [0.15, 0.2) is 0 Å². The molecular formula is C32H36O. The number of ether oxygens (including phenoxy) is 1. The second kappa shape index (κ2) is 10.5. The Hall–Kier alpha value is -3.32. The van der Waals surface area contributed by atoms with Gasteiger partial charge < -0.3 is 4.74 Å². The quantitative estimate of drug-likeness (QED) is 0.311. The Labute approximate surface area is 200 Å². The van der Waals surface area contributed by atoms with Gasteiger partial charge in [0.05, 0.1) is 0 Å². The second-order valence-electron chi connectivity index (χ2n) is 9.19. The summed E-state index contributed by atoms with van der Waals surface area (Å²) in [6.45, 7) is 17.0. The third-order valence-corrected chi connectivity index (χ3v) is 6.54. The van der Waals surface area contributed by atoms with Crippen molar-refractivity contribution in [3.63, 3.8) is 0 Å². The molecule has 33 heavy (non-hydrogen) atoms. The minimum atomic E-state index is 0.899. The molecule has 0 saturated carbocycles. The summed E-state index contributed by atoms with van der Waals surface area (Å²) in [6, 6.07) is 25.7. The van der Waals surface area contributed by atoms with Gasteiger partial charge in [-0.15, -0.1) is 0 Å². The number of benzene rings is 4. The smallest absolute Gasteiger partial charge is 0.127 e. The van der Waals surface area contributed by atoms with E-state index in [-0.39, 0.29) is 0 Å². The van der Waals surface area contributed by atoms with Crippen LogP contribution in [0.15, 0.2) is 72.8 Å². The molecule has 1 heteroatoms. The molecule has 170 valence electrons. The zero-order valence-electron chi connectivity index (χ0n) is 21.3. The molecule has 4 aromatic carbocycles. The van der Waals surface area contributed by atoms with Gasteiger partial charge in [-0.1, -0.05) is 48.5 Å². The van der Waals surface area contributed by atoms with Crippen LogP contribution in [0.2, 0.25) is 0 Å². The van der Waals surface area contributed by atoms with Gasteiger partial charge >= 0.3 is 0 Å². The summed E-state index contributed by atoms with van der Waals surface area (Å²) in [7, 11) is 0. The van der Waals surface area contributed by atoms with Crippen molar-refractivity contribution in [3.05, 3.63) is 117 Å². The highest BCUT2D eigenvalue weighted by atomic mass is 16.5. The molecule has 0 aromatic heterocycles. The van der Waals surface area contributed by atoms with E-state index >= 15 is 0 Å². The van der Waals surface area contributed by atoms with E-state index in [1.807, 2.05) is 12.1 Å². The van der Waals surface area contributed by atoms with Gasteiger partial charge in [-0.25, -0.2) is 0 Å². The molecular weight excluding hydrogens is 400 g/mol. The molecule has 0 atom stereocenters. The van der Waals surface area contributed by atoms with Crippen LogP contribution in [0.3, 0.4) is 0 Å². The average molecular weight is 437 g/mol. The Morgan fingerprint density at radius 2 is 0.636 bits per heavy atom. The molecule has 0 spiro atoms. The maximum Gasteiger partial charge on any atom is 0.127 e. The van der Waals surface area contributed by atoms with Crippen LogP contribution in [0, 0.1) is 55.4 Å². The van der Waals surface area contributed by atoms with Crippen LogP contribution in [0.5, 0.6) is 11.5 Å². The standard InChI is InChI=1S/C16H18O.C16H18/c1-11-5-7-15(9-13(11)3)17-16-8-6-12(2)14(4)10-16;1-11-5-7-15(9-13(11)3)16-8-6-12(2)14(4)10-16/h5-10H,1-4H3;5-10H,1-4H3. The third kappa shape index (κ3) is 6.35. The molecule has 1 nitrogen and oxygen atoms in total. The van der Waals surface area contributed by atoms with Crippen LogP contribution in [0.1, 0.15) is 44.5 Å². The lowest BCUT2D eigenvalue weighted by Gasteiger charge is -2.09. The fourth-order valence-corrected chi connectivity index (χ4v) is 3.53. The van der Waals surface area contributed by atoms with Gasteiger partial charge in [-0.2, -0.15) is 0 Å². The largest absolute Gasteiger partial charge is 0.457 e. The van der Waals surface area contributed by atoms with Crippen molar-refractivity contribution in [3.8, 4) is 22.6 Å². The first-order chi connectivity index (χ1) is 15.6. The summed E-state index contributed by atoms with van der Waals surface area (Å²) in [5.41, 5.74) is 13.1. The van der Waals surface area contributed by atoms with E-state index in [1.165, 1.54) is 55.6 Å². The number of hydrogen-bond donors (Lipinski definition) is 0. The van der Waals surface area contributed by atoms with E-state index in [4.69, 9.17) is 4.74 Å². The minimum Gasteiger partial charge on any atom is -0.457 e. The highest BCUT2D eigenvalue weighted by Crippen LogP contribution is 2.26. The van der Waals surface area contributed by atoms with Crippen molar-refractivity contribution in [1.82, 2.24) is 0 Å². The molecule has 0 unspecified atom stereocenters. The Morgan fingerprint density at radius 1 is 0.333 bits per heavy atom. The molecule has 0 fully saturated rings. The van der Waals surface area contributed by atoms with Crippen LogP contribution < -0.4 is 4.74 Å². The summed E-state index contributed by atoms with van der Waals surface area (Å²) >= 11 is 0. The van der Waals surface area contributed by atoms with E-state index < -0.39 is 0 Å². The molecule has 4 rings (SSSR count). The molecule has 4 aromatic rings. The minimum absolute atomic E-state index is 0.899. The third-order valence-electron chi connectivity index (χ3n) is 6.54. The van der Waals surface area contributed by atoms with Gasteiger partial charge in [0.25, 0.3) is 0 Å². The lowest BCUT2D eigenvalue weighted by molar-refractivity contribution is 0.481. The van der Waals surface area contributed by atoms with Crippen molar-refractivity contribution in [2.45, 2.75) is 55.4 Å². The first-order valence-electron chi connectivity index (χ1n) is 11.6. The first kappa shape index (κ1) is 24.3. The van der Waals surface area contributed by atoms with Gasteiger partial charge in [-0.3, -0.25) is 0 Å². The Balaban J connectivity index is 0.000000186. The van der Waals surface area contributed by atoms with E-state index in [1.54, 1.807) is 0 Å². The maximum atomic E-state index is 5.85. The van der Waals surface area contributed by atoms with Crippen molar-refractivity contribution >= 4 is 0 Å². The summed E-state index contributed by atoms with van der Waals surface area (Å²) in [6.07, 6.45) is 0. The van der Waals surface area contributed by atoms with Crippen molar-refractivity contribution in [2.75, 3.05) is 0 Å². The first-order valence-corrected chi connectivity index (χ1v) is 11.6. The summed E-state index contributed by atoms with van der Waals surface area (Å²) in [4.78, 5) is 0. The van der Waals surface area contributed by atoms with Crippen LogP contribution in [-0.4, -0.2) is 0 Å². The molecule has 0 N–H and O–H groups in total. The summed E-state index contributed by atoms with van der Waals surface area (Å²) in [5.74, 6) is 1.80. The Morgan fingerprint density at radius 3 is 0.939 bits per heavy atom. The van der Waals surface area contributed by atoms with Crippen molar-refractivity contribution < 1.29 is 4.74 Å². The predicted molar refractivity (Wildman–Crippen MR) is 143 cm³/mol. The molecule has 0 amide bonds. The van der Waals surface area contributed by atoms with Crippen molar-refractivity contribution in [2.24, 2.45) is 0 Å². The van der Waals surface area contributed by atoms with E-state index in [9.17, 15) is 0 Å². The second-order valence-corrected chi connectivity index (χ2v) is 9.19. The number of aryl methyl sites for hydroxylation is 8.